The molecule has 130 valence electrons. The van der Waals surface area contributed by atoms with Crippen molar-refractivity contribution in [2.75, 3.05) is 19.1 Å². The van der Waals surface area contributed by atoms with Crippen molar-refractivity contribution < 1.29 is 14.3 Å². The fourth-order valence-corrected chi connectivity index (χ4v) is 4.28. The number of methoxy groups -OCH3 is 2. The zero-order chi connectivity index (χ0) is 17.4. The summed E-state index contributed by atoms with van der Waals surface area (Å²) < 4.78 is 10.6. The van der Waals surface area contributed by atoms with Gasteiger partial charge in [-0.05, 0) is 60.9 Å². The van der Waals surface area contributed by atoms with Crippen LogP contribution in [0.25, 0.3) is 0 Å². The first kappa shape index (κ1) is 16.0. The molecule has 0 saturated heterocycles. The third kappa shape index (κ3) is 2.66. The molecule has 0 N–H and O–H groups in total. The molecule has 0 radical (unpaired) electrons. The Hall–Kier alpha value is -2.49. The number of hydrogen-bond acceptors (Lipinski definition) is 3. The number of anilines is 1. The van der Waals surface area contributed by atoms with Gasteiger partial charge in [0.2, 0.25) is 0 Å². The number of nitrogens with zero attached hydrogens (tertiary/aromatic N) is 1. The van der Waals surface area contributed by atoms with Crippen LogP contribution in [0.4, 0.5) is 5.69 Å². The minimum atomic E-state index is 0.0889. The number of carbonyl (C=O) groups excluding carboxylic acids is 1. The summed E-state index contributed by atoms with van der Waals surface area (Å²) >= 11 is 0. The molecule has 2 atom stereocenters. The minimum absolute atomic E-state index is 0.0889. The van der Waals surface area contributed by atoms with E-state index in [0.717, 1.165) is 41.2 Å². The molecule has 2 aromatic carbocycles. The summed E-state index contributed by atoms with van der Waals surface area (Å²) in [7, 11) is 3.33. The van der Waals surface area contributed by atoms with Gasteiger partial charge in [-0.2, -0.15) is 0 Å². The molecular weight excluding hydrogens is 314 g/mol. The summed E-state index contributed by atoms with van der Waals surface area (Å²) in [6.07, 6.45) is 4.53. The Balaban J connectivity index is 1.80. The van der Waals surface area contributed by atoms with E-state index in [1.807, 2.05) is 41.3 Å². The number of benzene rings is 2. The highest BCUT2D eigenvalue weighted by molar-refractivity contribution is 6.09. The first-order chi connectivity index (χ1) is 12.2. The number of carbonyl (C=O) groups is 1. The van der Waals surface area contributed by atoms with Crippen LogP contribution in [0.15, 0.2) is 42.5 Å². The maximum absolute atomic E-state index is 13.3. The van der Waals surface area contributed by atoms with Crippen molar-refractivity contribution >= 4 is 11.6 Å². The number of hydrogen-bond donors (Lipinski definition) is 0. The fourth-order valence-electron chi connectivity index (χ4n) is 4.28. The van der Waals surface area contributed by atoms with Gasteiger partial charge in [0.15, 0.2) is 0 Å². The summed E-state index contributed by atoms with van der Waals surface area (Å²) in [5.41, 5.74) is 2.91. The van der Waals surface area contributed by atoms with E-state index in [-0.39, 0.29) is 11.9 Å². The van der Waals surface area contributed by atoms with Gasteiger partial charge in [0.25, 0.3) is 5.91 Å². The van der Waals surface area contributed by atoms with Gasteiger partial charge in [0.05, 0.1) is 14.2 Å². The Morgan fingerprint density at radius 3 is 2.32 bits per heavy atom. The minimum Gasteiger partial charge on any atom is -0.497 e. The molecule has 1 saturated carbocycles. The Kier molecular flexibility index (Phi) is 4.12. The highest BCUT2D eigenvalue weighted by Crippen LogP contribution is 2.44. The lowest BCUT2D eigenvalue weighted by Gasteiger charge is -2.44. The summed E-state index contributed by atoms with van der Waals surface area (Å²) in [6, 6.07) is 13.9. The lowest BCUT2D eigenvalue weighted by atomic mass is 9.74. The van der Waals surface area contributed by atoms with Gasteiger partial charge in [0, 0.05) is 23.2 Å². The Labute approximate surface area is 148 Å². The highest BCUT2D eigenvalue weighted by atomic mass is 16.5. The second-order valence-electron chi connectivity index (χ2n) is 6.78. The molecule has 1 amide bonds. The molecule has 4 heteroatoms. The van der Waals surface area contributed by atoms with E-state index in [1.54, 1.807) is 14.2 Å². The topological polar surface area (TPSA) is 38.8 Å². The summed E-state index contributed by atoms with van der Waals surface area (Å²) in [5, 5.41) is 0. The van der Waals surface area contributed by atoms with Gasteiger partial charge in [-0.25, -0.2) is 0 Å². The molecule has 4 rings (SSSR count). The van der Waals surface area contributed by atoms with Crippen LogP contribution < -0.4 is 14.4 Å². The van der Waals surface area contributed by atoms with E-state index >= 15 is 0 Å². The Bertz CT molecular complexity index is 784. The van der Waals surface area contributed by atoms with Crippen LogP contribution in [0.1, 0.15) is 47.5 Å². The van der Waals surface area contributed by atoms with Crippen molar-refractivity contribution in [3.63, 3.8) is 0 Å². The first-order valence-corrected chi connectivity index (χ1v) is 8.88. The Morgan fingerprint density at radius 1 is 0.920 bits per heavy atom. The smallest absolute Gasteiger partial charge is 0.258 e. The summed E-state index contributed by atoms with van der Waals surface area (Å²) in [5.74, 6) is 2.09. The molecule has 4 nitrogen and oxygen atoms in total. The van der Waals surface area contributed by atoms with E-state index in [2.05, 4.69) is 6.07 Å². The number of rotatable bonds is 3. The zero-order valence-corrected chi connectivity index (χ0v) is 14.7. The Morgan fingerprint density at radius 2 is 1.60 bits per heavy atom. The molecule has 2 aromatic rings. The second-order valence-corrected chi connectivity index (χ2v) is 6.78. The van der Waals surface area contributed by atoms with Gasteiger partial charge in [-0.1, -0.05) is 12.8 Å². The predicted molar refractivity (Wildman–Crippen MR) is 97.8 cm³/mol. The van der Waals surface area contributed by atoms with Crippen LogP contribution in [0, 0.1) is 0 Å². The van der Waals surface area contributed by atoms with Crippen LogP contribution in [0.3, 0.4) is 0 Å². The molecule has 2 aliphatic rings. The average molecular weight is 337 g/mol. The predicted octanol–water partition coefficient (Wildman–Crippen LogP) is 4.39. The van der Waals surface area contributed by atoms with E-state index in [1.165, 1.54) is 12.8 Å². The molecule has 25 heavy (non-hydrogen) atoms. The lowest BCUT2D eigenvalue weighted by molar-refractivity contribution is 0.0950. The van der Waals surface area contributed by atoms with E-state index in [0.29, 0.717) is 5.92 Å². The molecular formula is C21H23NO3. The van der Waals surface area contributed by atoms with Crippen LogP contribution in [0.2, 0.25) is 0 Å². The van der Waals surface area contributed by atoms with Crippen molar-refractivity contribution in [3.05, 3.63) is 53.6 Å². The van der Waals surface area contributed by atoms with Crippen molar-refractivity contribution in [1.82, 2.24) is 0 Å². The van der Waals surface area contributed by atoms with Crippen molar-refractivity contribution in [3.8, 4) is 11.5 Å². The molecule has 0 spiro atoms. The van der Waals surface area contributed by atoms with Gasteiger partial charge in [-0.15, -0.1) is 0 Å². The van der Waals surface area contributed by atoms with Gasteiger partial charge < -0.3 is 14.4 Å². The summed E-state index contributed by atoms with van der Waals surface area (Å²) in [4.78, 5) is 15.3. The molecule has 1 fully saturated rings. The fraction of sp³-hybridized carbons (Fsp3) is 0.381. The lowest BCUT2D eigenvalue weighted by Crippen LogP contribution is -2.49. The number of amides is 1. The molecule has 0 bridgehead atoms. The van der Waals surface area contributed by atoms with E-state index in [4.69, 9.17) is 9.47 Å². The number of ether oxygens (including phenoxy) is 2. The molecule has 1 aliphatic carbocycles. The normalized spacial score (nSPS) is 22.2. The SMILES string of the molecule is COc1ccc(N2C(=O)c3ccc(OC)cc3C3CCCCC32)cc1. The molecule has 1 heterocycles. The van der Waals surface area contributed by atoms with Gasteiger partial charge in [0.1, 0.15) is 11.5 Å². The quantitative estimate of drug-likeness (QED) is 0.834. The van der Waals surface area contributed by atoms with Crippen molar-refractivity contribution in [2.24, 2.45) is 0 Å². The van der Waals surface area contributed by atoms with Crippen molar-refractivity contribution in [2.45, 2.75) is 37.6 Å². The molecule has 1 aliphatic heterocycles. The standard InChI is InChI=1S/C21H23NO3/c1-24-15-9-7-14(8-10-15)22-20-6-4-3-5-17(20)19-13-16(25-2)11-12-18(19)21(22)23/h7-13,17,20H,3-6H2,1-2H3. The molecule has 2 unspecified atom stereocenters. The average Bonchev–Trinajstić information content (AvgIpc) is 2.68. The summed E-state index contributed by atoms with van der Waals surface area (Å²) in [6.45, 7) is 0. The van der Waals surface area contributed by atoms with Crippen LogP contribution in [-0.4, -0.2) is 26.2 Å². The van der Waals surface area contributed by atoms with Crippen LogP contribution in [-0.2, 0) is 0 Å². The maximum atomic E-state index is 13.3. The van der Waals surface area contributed by atoms with Crippen LogP contribution >= 0.6 is 0 Å². The largest absolute Gasteiger partial charge is 0.497 e. The second kappa shape index (κ2) is 6.43. The third-order valence-corrected chi connectivity index (χ3v) is 5.52. The third-order valence-electron chi connectivity index (χ3n) is 5.52. The van der Waals surface area contributed by atoms with Crippen LogP contribution in [0.5, 0.6) is 11.5 Å². The van der Waals surface area contributed by atoms with Gasteiger partial charge >= 0.3 is 0 Å². The monoisotopic (exact) mass is 337 g/mol. The van der Waals surface area contributed by atoms with Gasteiger partial charge in [-0.3, -0.25) is 4.79 Å². The first-order valence-electron chi connectivity index (χ1n) is 8.88. The van der Waals surface area contributed by atoms with E-state index < -0.39 is 0 Å². The van der Waals surface area contributed by atoms with Crippen molar-refractivity contribution in [1.29, 1.82) is 0 Å². The number of fused-ring (bicyclic) bond motifs is 3. The zero-order valence-electron chi connectivity index (χ0n) is 14.7. The highest BCUT2D eigenvalue weighted by Gasteiger charge is 2.41. The molecule has 0 aromatic heterocycles. The van der Waals surface area contributed by atoms with E-state index in [9.17, 15) is 4.79 Å². The maximum Gasteiger partial charge on any atom is 0.258 e.